The molecule has 2 fully saturated rings. The van der Waals surface area contributed by atoms with Gasteiger partial charge in [-0.25, -0.2) is 4.79 Å². The maximum absolute atomic E-state index is 10.9. The second kappa shape index (κ2) is 2.79. The summed E-state index contributed by atoms with van der Waals surface area (Å²) < 4.78 is 0.541. The Balaban J connectivity index is 2.07. The molecule has 0 bridgehead atoms. The van der Waals surface area contributed by atoms with Gasteiger partial charge < -0.3 is 10.6 Å². The Bertz CT molecular complexity index is 187. The van der Waals surface area contributed by atoms with E-state index in [0.29, 0.717) is 16.7 Å². The minimum atomic E-state index is -0.000602. The van der Waals surface area contributed by atoms with Crippen molar-refractivity contribution in [2.24, 2.45) is 0 Å². The van der Waals surface area contributed by atoms with Crippen LogP contribution in [-0.2, 0) is 0 Å². The molecule has 2 aliphatic heterocycles. The molecule has 11 heavy (non-hydrogen) atoms. The van der Waals surface area contributed by atoms with E-state index in [2.05, 4.69) is 16.9 Å². The molecule has 0 spiro atoms. The summed E-state index contributed by atoms with van der Waals surface area (Å²) in [6, 6.07) is 0.715. The lowest BCUT2D eigenvalue weighted by Crippen LogP contribution is -2.35. The average molecular weight is 190 g/mol. The fourth-order valence-corrected chi connectivity index (χ4v) is 3.96. The van der Waals surface area contributed by atoms with Gasteiger partial charge in [-0.15, -0.1) is 23.5 Å². The fraction of sp³-hybridized carbons (Fsp3) is 0.833. The Morgan fingerprint density at radius 3 is 3.18 bits per heavy atom. The molecule has 0 saturated carbocycles. The Morgan fingerprint density at radius 2 is 2.45 bits per heavy atom. The normalized spacial score (nSPS) is 41.5. The third kappa shape index (κ3) is 1.20. The van der Waals surface area contributed by atoms with Crippen molar-refractivity contribution in [2.75, 3.05) is 12.0 Å². The van der Waals surface area contributed by atoms with E-state index in [9.17, 15) is 4.79 Å². The van der Waals surface area contributed by atoms with Gasteiger partial charge in [-0.3, -0.25) is 0 Å². The molecule has 3 atom stereocenters. The van der Waals surface area contributed by atoms with Crippen molar-refractivity contribution in [2.45, 2.75) is 16.7 Å². The summed E-state index contributed by atoms with van der Waals surface area (Å²) in [6.45, 7) is 0. The topological polar surface area (TPSA) is 41.1 Å². The second-order valence-corrected chi connectivity index (χ2v) is 5.14. The van der Waals surface area contributed by atoms with Crippen LogP contribution in [0, 0.1) is 0 Å². The van der Waals surface area contributed by atoms with Crippen LogP contribution < -0.4 is 10.6 Å². The van der Waals surface area contributed by atoms with Gasteiger partial charge >= 0.3 is 6.03 Å². The molecule has 2 heterocycles. The predicted octanol–water partition coefficient (Wildman–Crippen LogP) is 0.472. The Hall–Kier alpha value is -0.0300. The molecule has 2 rings (SSSR count). The standard InChI is InChI=1S/C6H10N2OS2/c1-10-5-4-3(2-11-5)7-6(9)8-4/h3-5H,2H2,1H3,(H2,7,8,9)/t3-,4-,5?/m0/s1. The summed E-state index contributed by atoms with van der Waals surface area (Å²) in [6.07, 6.45) is 2.09. The van der Waals surface area contributed by atoms with E-state index in [1.807, 2.05) is 23.5 Å². The van der Waals surface area contributed by atoms with E-state index in [4.69, 9.17) is 0 Å². The Morgan fingerprint density at radius 1 is 1.64 bits per heavy atom. The van der Waals surface area contributed by atoms with E-state index < -0.39 is 0 Å². The number of rotatable bonds is 1. The smallest absolute Gasteiger partial charge is 0.315 e. The SMILES string of the molecule is CSC1SC[C@@H]2NC(=O)N[C@H]12. The van der Waals surface area contributed by atoms with Crippen LogP contribution in [0.15, 0.2) is 0 Å². The zero-order chi connectivity index (χ0) is 7.84. The van der Waals surface area contributed by atoms with Crippen molar-refractivity contribution in [3.05, 3.63) is 0 Å². The summed E-state index contributed by atoms with van der Waals surface area (Å²) in [5, 5.41) is 5.82. The van der Waals surface area contributed by atoms with Gasteiger partial charge in [0.2, 0.25) is 0 Å². The summed E-state index contributed by atoms with van der Waals surface area (Å²) in [5.41, 5.74) is 0. The van der Waals surface area contributed by atoms with Crippen LogP contribution >= 0.6 is 23.5 Å². The molecule has 1 unspecified atom stereocenters. The van der Waals surface area contributed by atoms with Gasteiger partial charge in [-0.1, -0.05) is 0 Å². The molecular weight excluding hydrogens is 180 g/mol. The van der Waals surface area contributed by atoms with Crippen molar-refractivity contribution >= 4 is 29.6 Å². The first-order chi connectivity index (χ1) is 5.31. The van der Waals surface area contributed by atoms with Crippen LogP contribution in [0.5, 0.6) is 0 Å². The van der Waals surface area contributed by atoms with Crippen LogP contribution in [0.2, 0.25) is 0 Å². The summed E-state index contributed by atoms with van der Waals surface area (Å²) in [5.74, 6) is 1.05. The van der Waals surface area contributed by atoms with Crippen molar-refractivity contribution in [1.82, 2.24) is 10.6 Å². The number of carbonyl (C=O) groups is 1. The van der Waals surface area contributed by atoms with Crippen LogP contribution in [0.1, 0.15) is 0 Å². The largest absolute Gasteiger partial charge is 0.332 e. The molecule has 2 amide bonds. The number of urea groups is 1. The third-order valence-electron chi connectivity index (χ3n) is 2.01. The minimum Gasteiger partial charge on any atom is -0.332 e. The lowest BCUT2D eigenvalue weighted by atomic mass is 10.2. The van der Waals surface area contributed by atoms with Crippen molar-refractivity contribution < 1.29 is 4.79 Å². The highest BCUT2D eigenvalue weighted by molar-refractivity contribution is 8.17. The fourth-order valence-electron chi connectivity index (χ4n) is 1.47. The zero-order valence-corrected chi connectivity index (χ0v) is 7.80. The molecule has 2 N–H and O–H groups in total. The number of fused-ring (bicyclic) bond motifs is 1. The number of thioether (sulfide) groups is 2. The predicted molar refractivity (Wildman–Crippen MR) is 49.0 cm³/mol. The molecule has 3 nitrogen and oxygen atoms in total. The van der Waals surface area contributed by atoms with Gasteiger partial charge in [0.15, 0.2) is 0 Å². The van der Waals surface area contributed by atoms with Crippen molar-refractivity contribution in [1.29, 1.82) is 0 Å². The van der Waals surface area contributed by atoms with Crippen LogP contribution in [0.4, 0.5) is 4.79 Å². The van der Waals surface area contributed by atoms with Gasteiger partial charge in [0.05, 0.1) is 16.7 Å². The molecule has 62 valence electrons. The van der Waals surface area contributed by atoms with E-state index >= 15 is 0 Å². The third-order valence-corrected chi connectivity index (χ3v) is 4.93. The van der Waals surface area contributed by atoms with Gasteiger partial charge in [-0.05, 0) is 6.26 Å². The van der Waals surface area contributed by atoms with Crippen LogP contribution in [-0.4, -0.2) is 34.7 Å². The summed E-state index contributed by atoms with van der Waals surface area (Å²) >= 11 is 3.74. The van der Waals surface area contributed by atoms with Crippen LogP contribution in [0.25, 0.3) is 0 Å². The molecule has 0 aromatic heterocycles. The highest BCUT2D eigenvalue weighted by Crippen LogP contribution is 2.35. The van der Waals surface area contributed by atoms with E-state index in [0.717, 1.165) is 5.75 Å². The number of nitrogens with one attached hydrogen (secondary N) is 2. The molecule has 0 aromatic carbocycles. The molecule has 2 aliphatic rings. The molecule has 2 saturated heterocycles. The Kier molecular flexibility index (Phi) is 1.93. The van der Waals surface area contributed by atoms with Gasteiger partial charge in [0.1, 0.15) is 0 Å². The van der Waals surface area contributed by atoms with Crippen molar-refractivity contribution in [3.8, 4) is 0 Å². The van der Waals surface area contributed by atoms with Gasteiger partial charge in [0, 0.05) is 5.75 Å². The summed E-state index contributed by atoms with van der Waals surface area (Å²) in [4.78, 5) is 10.9. The monoisotopic (exact) mass is 190 g/mol. The average Bonchev–Trinajstić information content (AvgIpc) is 2.45. The first-order valence-corrected chi connectivity index (χ1v) is 5.86. The lowest BCUT2D eigenvalue weighted by Gasteiger charge is -2.12. The molecule has 0 aliphatic carbocycles. The highest BCUT2D eigenvalue weighted by atomic mass is 32.2. The first kappa shape index (κ1) is 7.61. The van der Waals surface area contributed by atoms with E-state index in [-0.39, 0.29) is 6.03 Å². The molecule has 0 radical (unpaired) electrons. The number of carbonyl (C=O) groups excluding carboxylic acids is 1. The number of hydrogen-bond donors (Lipinski definition) is 2. The number of amides is 2. The summed E-state index contributed by atoms with van der Waals surface area (Å²) in [7, 11) is 0. The molecule has 5 heteroatoms. The minimum absolute atomic E-state index is 0.000602. The quantitative estimate of drug-likeness (QED) is 0.591. The van der Waals surface area contributed by atoms with Crippen LogP contribution in [0.3, 0.4) is 0 Å². The molecule has 0 aromatic rings. The second-order valence-electron chi connectivity index (χ2n) is 2.69. The first-order valence-electron chi connectivity index (χ1n) is 3.52. The van der Waals surface area contributed by atoms with E-state index in [1.54, 1.807) is 0 Å². The van der Waals surface area contributed by atoms with Gasteiger partial charge in [-0.2, -0.15) is 0 Å². The van der Waals surface area contributed by atoms with Crippen molar-refractivity contribution in [3.63, 3.8) is 0 Å². The van der Waals surface area contributed by atoms with E-state index in [1.165, 1.54) is 0 Å². The maximum Gasteiger partial charge on any atom is 0.315 e. The zero-order valence-electron chi connectivity index (χ0n) is 6.16. The Labute approximate surface area is 74.1 Å². The van der Waals surface area contributed by atoms with Gasteiger partial charge in [0.25, 0.3) is 0 Å². The lowest BCUT2D eigenvalue weighted by molar-refractivity contribution is 0.247. The maximum atomic E-state index is 10.9. The highest BCUT2D eigenvalue weighted by Gasteiger charge is 2.42. The molecular formula is C6H10N2OS2. The number of hydrogen-bond acceptors (Lipinski definition) is 3.